The molecule has 1 aliphatic heterocycles. The SMILES string of the molecule is CC(C)c1cccn2nc(C3c4nc[nH]c4CCN3c3nnc(C(F)(F)F)o3)cc12. The van der Waals surface area contributed by atoms with Gasteiger partial charge in [0.15, 0.2) is 0 Å². The van der Waals surface area contributed by atoms with E-state index in [9.17, 15) is 13.2 Å². The molecule has 4 aromatic rings. The minimum absolute atomic E-state index is 0.206. The molecule has 0 fully saturated rings. The molecule has 156 valence electrons. The van der Waals surface area contributed by atoms with Gasteiger partial charge in [-0.3, -0.25) is 0 Å². The number of imidazole rings is 1. The fourth-order valence-corrected chi connectivity index (χ4v) is 3.91. The monoisotopic (exact) mass is 417 g/mol. The van der Waals surface area contributed by atoms with Crippen molar-refractivity contribution in [3.8, 4) is 0 Å². The molecule has 0 spiro atoms. The molecule has 1 unspecified atom stereocenters. The van der Waals surface area contributed by atoms with Crippen LogP contribution in [0.3, 0.4) is 0 Å². The summed E-state index contributed by atoms with van der Waals surface area (Å²) in [5, 5.41) is 11.5. The number of aromatic nitrogens is 6. The highest BCUT2D eigenvalue weighted by Crippen LogP contribution is 2.38. The van der Waals surface area contributed by atoms with E-state index in [2.05, 4.69) is 34.0 Å². The van der Waals surface area contributed by atoms with E-state index in [1.54, 1.807) is 15.7 Å². The number of rotatable bonds is 3. The summed E-state index contributed by atoms with van der Waals surface area (Å²) in [4.78, 5) is 9.15. The number of nitrogens with zero attached hydrogens (tertiary/aromatic N) is 6. The lowest BCUT2D eigenvalue weighted by molar-refractivity contribution is -0.157. The highest BCUT2D eigenvalue weighted by Gasteiger charge is 2.41. The third-order valence-electron chi connectivity index (χ3n) is 5.28. The third kappa shape index (κ3) is 2.92. The number of pyridine rings is 1. The minimum Gasteiger partial charge on any atom is -0.399 e. The van der Waals surface area contributed by atoms with Crippen molar-refractivity contribution < 1.29 is 17.6 Å². The van der Waals surface area contributed by atoms with Crippen LogP contribution in [0.5, 0.6) is 0 Å². The summed E-state index contributed by atoms with van der Waals surface area (Å²) in [6, 6.07) is 5.14. The van der Waals surface area contributed by atoms with E-state index in [-0.39, 0.29) is 11.9 Å². The van der Waals surface area contributed by atoms with Crippen LogP contribution in [0.2, 0.25) is 0 Å². The zero-order chi connectivity index (χ0) is 21.0. The second-order valence-corrected chi connectivity index (χ2v) is 7.52. The van der Waals surface area contributed by atoms with Crippen molar-refractivity contribution in [3.63, 3.8) is 0 Å². The van der Waals surface area contributed by atoms with Gasteiger partial charge in [0.2, 0.25) is 0 Å². The van der Waals surface area contributed by atoms with E-state index < -0.39 is 18.1 Å². The number of hydrogen-bond donors (Lipinski definition) is 1. The number of H-pyrrole nitrogens is 1. The van der Waals surface area contributed by atoms with Gasteiger partial charge in [0.05, 0.1) is 23.2 Å². The summed E-state index contributed by atoms with van der Waals surface area (Å²) in [5.41, 5.74) is 4.29. The molecule has 0 saturated carbocycles. The van der Waals surface area contributed by atoms with E-state index in [1.165, 1.54) is 0 Å². The molecular formula is C19H18F3N7O. The molecule has 1 atom stereocenters. The Morgan fingerprint density at radius 2 is 2.10 bits per heavy atom. The molecule has 1 aliphatic rings. The lowest BCUT2D eigenvalue weighted by atomic mass is 9.99. The zero-order valence-corrected chi connectivity index (χ0v) is 16.2. The molecule has 0 aliphatic carbocycles. The molecule has 0 saturated heterocycles. The van der Waals surface area contributed by atoms with E-state index in [4.69, 9.17) is 9.52 Å². The van der Waals surface area contributed by atoms with E-state index in [1.807, 2.05) is 24.4 Å². The quantitative estimate of drug-likeness (QED) is 0.547. The first-order chi connectivity index (χ1) is 14.3. The van der Waals surface area contributed by atoms with E-state index >= 15 is 0 Å². The molecule has 5 rings (SSSR count). The Labute approximate surface area is 168 Å². The van der Waals surface area contributed by atoms with Crippen LogP contribution < -0.4 is 4.90 Å². The number of halogens is 3. The van der Waals surface area contributed by atoms with Crippen LogP contribution in [0.1, 0.15) is 54.3 Å². The first-order valence-electron chi connectivity index (χ1n) is 9.50. The van der Waals surface area contributed by atoms with Crippen LogP contribution in [0.25, 0.3) is 5.52 Å². The molecule has 5 heterocycles. The van der Waals surface area contributed by atoms with Crippen molar-refractivity contribution in [2.24, 2.45) is 0 Å². The van der Waals surface area contributed by atoms with Gasteiger partial charge in [0.25, 0.3) is 0 Å². The van der Waals surface area contributed by atoms with Gasteiger partial charge in [-0.2, -0.15) is 18.3 Å². The first kappa shape index (κ1) is 18.6. The Kier molecular flexibility index (Phi) is 4.09. The van der Waals surface area contributed by atoms with Gasteiger partial charge < -0.3 is 14.3 Å². The van der Waals surface area contributed by atoms with Crippen molar-refractivity contribution in [1.82, 2.24) is 29.8 Å². The van der Waals surface area contributed by atoms with E-state index in [0.29, 0.717) is 24.4 Å². The van der Waals surface area contributed by atoms with Gasteiger partial charge >= 0.3 is 18.1 Å². The van der Waals surface area contributed by atoms with Crippen LogP contribution >= 0.6 is 0 Å². The van der Waals surface area contributed by atoms with Crippen LogP contribution in [-0.4, -0.2) is 36.3 Å². The lowest BCUT2D eigenvalue weighted by Crippen LogP contribution is -2.37. The average Bonchev–Trinajstić information content (AvgIpc) is 3.43. The average molecular weight is 417 g/mol. The molecule has 0 radical (unpaired) electrons. The van der Waals surface area contributed by atoms with Crippen molar-refractivity contribution in [2.45, 2.75) is 38.4 Å². The fourth-order valence-electron chi connectivity index (χ4n) is 3.91. The predicted molar refractivity (Wildman–Crippen MR) is 100 cm³/mol. The molecule has 4 aromatic heterocycles. The van der Waals surface area contributed by atoms with Crippen molar-refractivity contribution >= 4 is 11.5 Å². The van der Waals surface area contributed by atoms with Gasteiger partial charge in [0, 0.05) is 24.9 Å². The van der Waals surface area contributed by atoms with Crippen LogP contribution in [-0.2, 0) is 12.6 Å². The Balaban J connectivity index is 1.64. The van der Waals surface area contributed by atoms with Gasteiger partial charge in [-0.05, 0) is 23.6 Å². The van der Waals surface area contributed by atoms with Crippen LogP contribution in [0.15, 0.2) is 35.1 Å². The fraction of sp³-hybridized carbons (Fsp3) is 0.368. The normalized spacial score (nSPS) is 17.1. The Morgan fingerprint density at radius 1 is 1.27 bits per heavy atom. The number of fused-ring (bicyclic) bond motifs is 2. The van der Waals surface area contributed by atoms with Gasteiger partial charge in [-0.25, -0.2) is 9.50 Å². The second-order valence-electron chi connectivity index (χ2n) is 7.52. The number of nitrogens with one attached hydrogen (secondary N) is 1. The highest BCUT2D eigenvalue weighted by molar-refractivity contribution is 5.58. The molecule has 0 aromatic carbocycles. The standard InChI is InChI=1S/C19H18F3N7O/c1-10(2)11-4-3-6-29-14(11)8-13(27-29)16-15-12(23-9-24-15)5-7-28(16)18-26-25-17(30-18)19(20,21)22/h3-4,6,8-10,16H,5,7H2,1-2H3,(H,23,24). The Morgan fingerprint density at radius 3 is 2.83 bits per heavy atom. The molecule has 1 N–H and O–H groups in total. The maximum atomic E-state index is 13.0. The number of hydrogen-bond acceptors (Lipinski definition) is 6. The van der Waals surface area contributed by atoms with Gasteiger partial charge in [0.1, 0.15) is 6.04 Å². The number of alkyl halides is 3. The Bertz CT molecular complexity index is 1210. The van der Waals surface area contributed by atoms with Crippen molar-refractivity contribution in [2.75, 3.05) is 11.4 Å². The largest absolute Gasteiger partial charge is 0.470 e. The summed E-state index contributed by atoms with van der Waals surface area (Å²) in [6.45, 7) is 4.57. The molecular weight excluding hydrogens is 399 g/mol. The van der Waals surface area contributed by atoms with Gasteiger partial charge in [-0.15, -0.1) is 5.10 Å². The van der Waals surface area contributed by atoms with Gasteiger partial charge in [-0.1, -0.05) is 25.0 Å². The number of aromatic amines is 1. The number of anilines is 1. The minimum atomic E-state index is -4.71. The van der Waals surface area contributed by atoms with E-state index in [0.717, 1.165) is 16.8 Å². The summed E-state index contributed by atoms with van der Waals surface area (Å²) >= 11 is 0. The maximum Gasteiger partial charge on any atom is 0.470 e. The van der Waals surface area contributed by atoms with Crippen molar-refractivity contribution in [1.29, 1.82) is 0 Å². The topological polar surface area (TPSA) is 88.1 Å². The summed E-state index contributed by atoms with van der Waals surface area (Å²) in [6.07, 6.45) is -0.729. The molecule has 0 bridgehead atoms. The third-order valence-corrected chi connectivity index (χ3v) is 5.28. The smallest absolute Gasteiger partial charge is 0.399 e. The van der Waals surface area contributed by atoms with Crippen LogP contribution in [0, 0.1) is 0 Å². The molecule has 11 heteroatoms. The molecule has 0 amide bonds. The van der Waals surface area contributed by atoms with Crippen LogP contribution in [0.4, 0.5) is 19.2 Å². The maximum absolute atomic E-state index is 13.0. The predicted octanol–water partition coefficient (Wildman–Crippen LogP) is 3.73. The molecule has 30 heavy (non-hydrogen) atoms. The first-order valence-corrected chi connectivity index (χ1v) is 9.50. The molecule has 8 nitrogen and oxygen atoms in total. The lowest BCUT2D eigenvalue weighted by Gasteiger charge is -2.32. The zero-order valence-electron chi connectivity index (χ0n) is 16.2. The second kappa shape index (κ2) is 6.57. The highest BCUT2D eigenvalue weighted by atomic mass is 19.4. The summed E-state index contributed by atoms with van der Waals surface area (Å²) in [7, 11) is 0. The van der Waals surface area contributed by atoms with Crippen molar-refractivity contribution in [3.05, 3.63) is 59.3 Å². The Hall–Kier alpha value is -3.37. The summed E-state index contributed by atoms with van der Waals surface area (Å²) in [5.74, 6) is -1.09. The summed E-state index contributed by atoms with van der Waals surface area (Å²) < 4.78 is 45.7.